The molecule has 0 spiro atoms. The first-order valence-corrected chi connectivity index (χ1v) is 10.8. The second-order valence-corrected chi connectivity index (χ2v) is 7.59. The van der Waals surface area contributed by atoms with Crippen LogP contribution in [0.2, 0.25) is 0 Å². The third-order valence-electron chi connectivity index (χ3n) is 3.69. The summed E-state index contributed by atoms with van der Waals surface area (Å²) in [6, 6.07) is 0. The summed E-state index contributed by atoms with van der Waals surface area (Å²) in [5.41, 5.74) is 0. The van der Waals surface area contributed by atoms with Crippen LogP contribution in [-0.4, -0.2) is 144 Å². The highest BCUT2D eigenvalue weighted by atomic mass is 31.2. The van der Waals surface area contributed by atoms with E-state index in [4.69, 9.17) is 44.2 Å². The molecule has 0 aliphatic rings. The van der Waals surface area contributed by atoms with Gasteiger partial charge < -0.3 is 30.6 Å². The summed E-state index contributed by atoms with van der Waals surface area (Å²) in [6.07, 6.45) is 0. The Morgan fingerprint density at radius 1 is 0.483 bits per heavy atom. The van der Waals surface area contributed by atoms with Crippen LogP contribution < -0.4 is 0 Å². The average Bonchev–Trinajstić information content (AvgIpc) is 2.70. The van der Waals surface area contributed by atoms with E-state index < -0.39 is 7.82 Å². The van der Waals surface area contributed by atoms with Gasteiger partial charge >= 0.3 is 7.82 Å². The third-order valence-corrected chi connectivity index (χ3v) is 4.99. The molecular formula is C15H36N3O10P. The van der Waals surface area contributed by atoms with Crippen LogP contribution in [0, 0.1) is 0 Å². The van der Waals surface area contributed by atoms with E-state index in [2.05, 4.69) is 0 Å². The molecule has 0 aliphatic carbocycles. The van der Waals surface area contributed by atoms with Crippen LogP contribution in [0.3, 0.4) is 0 Å². The number of phosphoric ester groups is 1. The van der Waals surface area contributed by atoms with E-state index in [1.54, 1.807) is 0 Å². The van der Waals surface area contributed by atoms with Crippen LogP contribution in [-0.2, 0) is 18.1 Å². The van der Waals surface area contributed by atoms with Crippen LogP contribution in [0.4, 0.5) is 0 Å². The van der Waals surface area contributed by atoms with Gasteiger partial charge in [-0.25, -0.2) is 4.57 Å². The number of aliphatic hydroxyl groups is 6. The molecule has 0 rings (SSSR count). The summed E-state index contributed by atoms with van der Waals surface area (Å²) in [6.45, 7) is -0.923. The third kappa shape index (κ3) is 14.4. The van der Waals surface area contributed by atoms with Crippen LogP contribution in [0.5, 0.6) is 0 Å². The predicted octanol–water partition coefficient (Wildman–Crippen LogP) is -3.12. The van der Waals surface area contributed by atoms with Crippen molar-refractivity contribution in [3.05, 3.63) is 0 Å². The van der Waals surface area contributed by atoms with E-state index in [0.717, 1.165) is 0 Å². The minimum atomic E-state index is -4.14. The molecule has 0 heterocycles. The van der Waals surface area contributed by atoms with Crippen LogP contribution in [0.15, 0.2) is 0 Å². The van der Waals surface area contributed by atoms with Gasteiger partial charge in [0.25, 0.3) is 0 Å². The first-order chi connectivity index (χ1) is 14.0. The van der Waals surface area contributed by atoms with Crippen molar-refractivity contribution in [2.75, 3.05) is 99.1 Å². The summed E-state index contributed by atoms with van der Waals surface area (Å²) >= 11 is 0. The van der Waals surface area contributed by atoms with Crippen LogP contribution in [0.1, 0.15) is 0 Å². The fourth-order valence-electron chi connectivity index (χ4n) is 2.14. The van der Waals surface area contributed by atoms with E-state index in [1.165, 1.54) is 14.7 Å². The lowest BCUT2D eigenvalue weighted by atomic mass is 10.5. The molecule has 6 N–H and O–H groups in total. The van der Waals surface area contributed by atoms with Gasteiger partial charge in [0.05, 0.1) is 39.6 Å². The van der Waals surface area contributed by atoms with Crippen LogP contribution >= 0.6 is 7.82 Å². The summed E-state index contributed by atoms with van der Waals surface area (Å²) in [5.74, 6) is 0. The number of aliphatic hydroxyl groups excluding tert-OH is 6. The zero-order valence-corrected chi connectivity index (χ0v) is 17.6. The van der Waals surface area contributed by atoms with Crippen molar-refractivity contribution in [1.82, 2.24) is 14.7 Å². The van der Waals surface area contributed by atoms with Crippen molar-refractivity contribution >= 4 is 7.82 Å². The van der Waals surface area contributed by atoms with Gasteiger partial charge in [-0.1, -0.05) is 0 Å². The van der Waals surface area contributed by atoms with Crippen molar-refractivity contribution in [3.8, 4) is 0 Å². The molecule has 176 valence electrons. The van der Waals surface area contributed by atoms with Gasteiger partial charge in [0.15, 0.2) is 0 Å². The molecule has 0 radical (unpaired) electrons. The van der Waals surface area contributed by atoms with Crippen molar-refractivity contribution in [3.63, 3.8) is 0 Å². The smallest absolute Gasteiger partial charge is 0.395 e. The first kappa shape index (κ1) is 28.8. The zero-order valence-electron chi connectivity index (χ0n) is 16.7. The Balaban J connectivity index is 5.03. The van der Waals surface area contributed by atoms with Gasteiger partial charge in [-0.3, -0.25) is 28.3 Å². The molecule has 0 bridgehead atoms. The van der Waals surface area contributed by atoms with Gasteiger partial charge in [-0.2, -0.15) is 0 Å². The molecule has 0 saturated carbocycles. The maximum atomic E-state index is 13.0. The predicted molar refractivity (Wildman–Crippen MR) is 103 cm³/mol. The highest BCUT2D eigenvalue weighted by Gasteiger charge is 2.30. The lowest BCUT2D eigenvalue weighted by Gasteiger charge is -2.28. The molecule has 0 amide bonds. The Bertz CT molecular complexity index is 349. The van der Waals surface area contributed by atoms with Crippen molar-refractivity contribution in [1.29, 1.82) is 0 Å². The molecule has 0 saturated heterocycles. The number of hydrogen-bond acceptors (Lipinski definition) is 13. The lowest BCUT2D eigenvalue weighted by molar-refractivity contribution is -0.00480. The van der Waals surface area contributed by atoms with E-state index in [9.17, 15) is 4.57 Å². The Labute approximate surface area is 171 Å². The molecule has 0 aromatic carbocycles. The van der Waals surface area contributed by atoms with Gasteiger partial charge in [-0.05, 0) is 0 Å². The highest BCUT2D eigenvalue weighted by Crippen LogP contribution is 2.49. The van der Waals surface area contributed by atoms with Crippen molar-refractivity contribution in [2.45, 2.75) is 0 Å². The molecule has 29 heavy (non-hydrogen) atoms. The van der Waals surface area contributed by atoms with Crippen molar-refractivity contribution < 1.29 is 48.8 Å². The second-order valence-electron chi connectivity index (χ2n) is 5.92. The Hall–Kier alpha value is -0.250. The summed E-state index contributed by atoms with van der Waals surface area (Å²) < 4.78 is 29.0. The molecule has 0 aliphatic heterocycles. The molecule has 0 aromatic heterocycles. The lowest BCUT2D eigenvalue weighted by Crippen LogP contribution is -2.35. The largest absolute Gasteiger partial charge is 0.478 e. The standard InChI is InChI=1S/C15H36N3O10P/c19-7-1-16(2-8-20)13-26-29(25,27-14-17(3-9-21)4-10-22)28-15-18(5-11-23)6-12-24/h19-24H,1-15H2. The van der Waals surface area contributed by atoms with Gasteiger partial charge in [-0.15, -0.1) is 0 Å². The quantitative estimate of drug-likeness (QED) is 0.0767. The normalized spacial score (nSPS) is 12.6. The fraction of sp³-hybridized carbons (Fsp3) is 1.00. The topological polar surface area (TPSA) is 176 Å². The number of hydrogen-bond donors (Lipinski definition) is 6. The maximum Gasteiger partial charge on any atom is 0.478 e. The van der Waals surface area contributed by atoms with E-state index in [0.29, 0.717) is 0 Å². The SMILES string of the molecule is O=P(OCN(CCO)CCO)(OCN(CCO)CCO)OCN(CCO)CCO. The van der Waals surface area contributed by atoms with E-state index >= 15 is 0 Å². The number of nitrogens with zero attached hydrogens (tertiary/aromatic N) is 3. The number of phosphoric acid groups is 1. The molecule has 0 unspecified atom stereocenters. The van der Waals surface area contributed by atoms with Gasteiger partial charge in [0.1, 0.15) is 20.2 Å². The molecule has 0 aromatic rings. The Kier molecular flexibility index (Phi) is 18.4. The molecule has 0 fully saturated rings. The van der Waals surface area contributed by atoms with Crippen molar-refractivity contribution in [2.24, 2.45) is 0 Å². The minimum absolute atomic E-state index is 0.170. The van der Waals surface area contributed by atoms with Gasteiger partial charge in [0.2, 0.25) is 0 Å². The van der Waals surface area contributed by atoms with Crippen LogP contribution in [0.25, 0.3) is 0 Å². The average molecular weight is 449 g/mol. The Morgan fingerprint density at radius 2 is 0.690 bits per heavy atom. The first-order valence-electron chi connectivity index (χ1n) is 9.34. The molecule has 14 heteroatoms. The summed E-state index contributed by atoms with van der Waals surface area (Å²) in [7, 11) is -4.14. The Morgan fingerprint density at radius 3 is 0.862 bits per heavy atom. The minimum Gasteiger partial charge on any atom is -0.395 e. The number of rotatable bonds is 21. The molecule has 0 atom stereocenters. The van der Waals surface area contributed by atoms with Gasteiger partial charge in [0, 0.05) is 39.3 Å². The second kappa shape index (κ2) is 18.5. The zero-order chi connectivity index (χ0) is 22.0. The summed E-state index contributed by atoms with van der Waals surface area (Å²) in [5, 5.41) is 54.4. The van der Waals surface area contributed by atoms with E-state index in [-0.39, 0.29) is 99.1 Å². The summed E-state index contributed by atoms with van der Waals surface area (Å²) in [4.78, 5) is 4.49. The maximum absolute atomic E-state index is 13.0. The monoisotopic (exact) mass is 449 g/mol. The fourth-order valence-corrected chi connectivity index (χ4v) is 3.28. The molecule has 13 nitrogen and oxygen atoms in total. The van der Waals surface area contributed by atoms with E-state index in [1.807, 2.05) is 0 Å². The molecular weight excluding hydrogens is 413 g/mol. The highest BCUT2D eigenvalue weighted by molar-refractivity contribution is 7.48.